The molecule has 0 rings (SSSR count). The topological polar surface area (TPSA) is 46.3 Å². The van der Waals surface area contributed by atoms with Crippen LogP contribution in [0.3, 0.4) is 0 Å². The van der Waals surface area contributed by atoms with E-state index in [1.54, 1.807) is 0 Å². The lowest BCUT2D eigenvalue weighted by molar-refractivity contribution is -0.166. The molecular weight excluding hydrogens is 269 g/mol. The molecule has 0 radical (unpaired) electrons. The number of amides is 1. The summed E-state index contributed by atoms with van der Waals surface area (Å²) >= 11 is 0. The predicted molar refractivity (Wildman–Crippen MR) is 74.3 cm³/mol. The summed E-state index contributed by atoms with van der Waals surface area (Å²) in [5, 5.41) is 0. The van der Waals surface area contributed by atoms with Crippen LogP contribution in [-0.4, -0.2) is 36.1 Å². The summed E-state index contributed by atoms with van der Waals surface area (Å²) in [6.07, 6.45) is 0.242. The van der Waals surface area contributed by atoms with Gasteiger partial charge in [-0.25, -0.2) is 0 Å². The number of rotatable bonds is 10. The van der Waals surface area contributed by atoms with Crippen molar-refractivity contribution in [1.29, 1.82) is 0 Å². The van der Waals surface area contributed by atoms with Gasteiger partial charge in [-0.1, -0.05) is 26.7 Å². The molecule has 0 aromatic carbocycles. The molecule has 0 heterocycles. The third-order valence-corrected chi connectivity index (χ3v) is 3.40. The highest BCUT2D eigenvalue weighted by molar-refractivity contribution is 5.76. The van der Waals surface area contributed by atoms with Gasteiger partial charge in [0, 0.05) is 12.5 Å². The molecule has 0 aliphatic heterocycles. The van der Waals surface area contributed by atoms with E-state index in [1.807, 2.05) is 13.8 Å². The Morgan fingerprint density at radius 3 is 2.10 bits per heavy atom. The molecule has 0 fully saturated rings. The maximum absolute atomic E-state index is 12.6. The van der Waals surface area contributed by atoms with Gasteiger partial charge < -0.3 is 10.6 Å². The zero-order valence-corrected chi connectivity index (χ0v) is 12.5. The highest BCUT2D eigenvalue weighted by Crippen LogP contribution is 2.21. The lowest BCUT2D eigenvalue weighted by Gasteiger charge is -2.31. The maximum Gasteiger partial charge on any atom is 0.406 e. The highest BCUT2D eigenvalue weighted by Gasteiger charge is 2.35. The second-order valence-corrected chi connectivity index (χ2v) is 5.06. The Morgan fingerprint density at radius 2 is 1.65 bits per heavy atom. The molecule has 2 N–H and O–H groups in total. The van der Waals surface area contributed by atoms with Crippen molar-refractivity contribution in [3.8, 4) is 0 Å². The van der Waals surface area contributed by atoms with E-state index >= 15 is 0 Å². The lowest BCUT2D eigenvalue weighted by atomic mass is 10.1. The number of hydrogen-bond acceptors (Lipinski definition) is 2. The van der Waals surface area contributed by atoms with Crippen LogP contribution in [0.15, 0.2) is 0 Å². The Bertz CT molecular complexity index is 266. The Hall–Kier alpha value is -0.780. The summed E-state index contributed by atoms with van der Waals surface area (Å²) in [6, 6.07) is -0.326. The molecule has 20 heavy (non-hydrogen) atoms. The van der Waals surface area contributed by atoms with E-state index in [4.69, 9.17) is 5.73 Å². The largest absolute Gasteiger partial charge is 0.406 e. The van der Waals surface area contributed by atoms with E-state index in [9.17, 15) is 18.0 Å². The van der Waals surface area contributed by atoms with Crippen molar-refractivity contribution in [1.82, 2.24) is 4.90 Å². The third kappa shape index (κ3) is 8.40. The molecule has 3 nitrogen and oxygen atoms in total. The van der Waals surface area contributed by atoms with E-state index in [2.05, 4.69) is 0 Å². The number of carbonyl (C=O) groups excluding carboxylic acids is 1. The summed E-state index contributed by atoms with van der Waals surface area (Å²) in [6.45, 7) is 3.10. The molecule has 120 valence electrons. The van der Waals surface area contributed by atoms with E-state index in [-0.39, 0.29) is 18.4 Å². The van der Waals surface area contributed by atoms with Crippen molar-refractivity contribution < 1.29 is 18.0 Å². The molecule has 0 aromatic heterocycles. The fourth-order valence-electron chi connectivity index (χ4n) is 2.26. The molecule has 0 bridgehead atoms. The van der Waals surface area contributed by atoms with Gasteiger partial charge in [-0.05, 0) is 32.2 Å². The molecule has 0 aliphatic rings. The number of carbonyl (C=O) groups is 1. The average Bonchev–Trinajstić information content (AvgIpc) is 2.37. The number of nitrogens with zero attached hydrogens (tertiary/aromatic N) is 1. The van der Waals surface area contributed by atoms with Crippen LogP contribution in [0.5, 0.6) is 0 Å². The minimum Gasteiger partial charge on any atom is -0.331 e. The predicted octanol–water partition coefficient (Wildman–Crippen LogP) is 3.48. The molecule has 0 saturated carbocycles. The van der Waals surface area contributed by atoms with Gasteiger partial charge in [-0.3, -0.25) is 4.79 Å². The Labute approximate surface area is 119 Å². The number of halogens is 3. The van der Waals surface area contributed by atoms with Gasteiger partial charge in [0.15, 0.2) is 0 Å². The first kappa shape index (κ1) is 19.2. The maximum atomic E-state index is 12.6. The van der Waals surface area contributed by atoms with E-state index in [0.717, 1.165) is 24.2 Å². The quantitative estimate of drug-likeness (QED) is 0.627. The molecule has 0 aromatic rings. The molecule has 0 spiro atoms. The Kier molecular flexibility index (Phi) is 9.63. The van der Waals surface area contributed by atoms with Gasteiger partial charge in [-0.15, -0.1) is 0 Å². The van der Waals surface area contributed by atoms with E-state index in [1.165, 1.54) is 0 Å². The van der Waals surface area contributed by atoms with Crippen LogP contribution in [0.1, 0.15) is 58.8 Å². The van der Waals surface area contributed by atoms with Crippen molar-refractivity contribution in [2.45, 2.75) is 71.0 Å². The van der Waals surface area contributed by atoms with Crippen LogP contribution < -0.4 is 5.73 Å². The van der Waals surface area contributed by atoms with Crippen LogP contribution in [-0.2, 0) is 4.79 Å². The van der Waals surface area contributed by atoms with Crippen LogP contribution in [0.2, 0.25) is 0 Å². The van der Waals surface area contributed by atoms with Gasteiger partial charge in [0.1, 0.15) is 6.54 Å². The van der Waals surface area contributed by atoms with Crippen LogP contribution in [0.4, 0.5) is 13.2 Å². The zero-order chi connectivity index (χ0) is 15.6. The lowest BCUT2D eigenvalue weighted by Crippen LogP contribution is -2.45. The van der Waals surface area contributed by atoms with Crippen molar-refractivity contribution in [2.24, 2.45) is 5.73 Å². The van der Waals surface area contributed by atoms with Crippen molar-refractivity contribution in [3.05, 3.63) is 0 Å². The molecule has 0 atom stereocenters. The number of nitrogens with two attached hydrogens (primary N) is 1. The standard InChI is InChI=1S/C14H27F3N2O/c1-3-12(4-2)19(11-14(15,16)17)13(20)9-7-5-6-8-10-18/h12H,3-11,18H2,1-2H3. The fraction of sp³-hybridized carbons (Fsp3) is 0.929. The molecule has 6 heteroatoms. The SMILES string of the molecule is CCC(CC)N(CC(F)(F)F)C(=O)CCCCCCN. The monoisotopic (exact) mass is 296 g/mol. The first-order valence-corrected chi connectivity index (χ1v) is 7.42. The van der Waals surface area contributed by atoms with Crippen molar-refractivity contribution in [2.75, 3.05) is 13.1 Å². The number of hydrogen-bond donors (Lipinski definition) is 1. The normalized spacial score (nSPS) is 11.9. The smallest absolute Gasteiger partial charge is 0.331 e. The molecule has 0 unspecified atom stereocenters. The number of unbranched alkanes of at least 4 members (excludes halogenated alkanes) is 3. The fourth-order valence-corrected chi connectivity index (χ4v) is 2.26. The highest BCUT2D eigenvalue weighted by atomic mass is 19.4. The molecule has 0 saturated heterocycles. The second kappa shape index (κ2) is 10.0. The van der Waals surface area contributed by atoms with E-state index < -0.39 is 12.7 Å². The average molecular weight is 296 g/mol. The first-order valence-electron chi connectivity index (χ1n) is 7.42. The molecule has 1 amide bonds. The second-order valence-electron chi connectivity index (χ2n) is 5.06. The van der Waals surface area contributed by atoms with Crippen LogP contribution in [0, 0.1) is 0 Å². The van der Waals surface area contributed by atoms with Crippen molar-refractivity contribution >= 4 is 5.91 Å². The molecular formula is C14H27F3N2O. The number of alkyl halides is 3. The van der Waals surface area contributed by atoms with Gasteiger partial charge in [-0.2, -0.15) is 13.2 Å². The molecule has 0 aliphatic carbocycles. The summed E-state index contributed by atoms with van der Waals surface area (Å²) in [7, 11) is 0. The van der Waals surface area contributed by atoms with Crippen molar-refractivity contribution in [3.63, 3.8) is 0 Å². The van der Waals surface area contributed by atoms with Gasteiger partial charge in [0.25, 0.3) is 0 Å². The van der Waals surface area contributed by atoms with Crippen LogP contribution >= 0.6 is 0 Å². The third-order valence-electron chi connectivity index (χ3n) is 3.40. The van der Waals surface area contributed by atoms with Gasteiger partial charge in [0.2, 0.25) is 5.91 Å². The first-order chi connectivity index (χ1) is 9.35. The van der Waals surface area contributed by atoms with E-state index in [0.29, 0.717) is 25.8 Å². The minimum atomic E-state index is -4.34. The summed E-state index contributed by atoms with van der Waals surface area (Å²) in [5.41, 5.74) is 5.36. The summed E-state index contributed by atoms with van der Waals surface area (Å²) in [5.74, 6) is -0.385. The minimum absolute atomic E-state index is 0.192. The zero-order valence-electron chi connectivity index (χ0n) is 12.5. The van der Waals surface area contributed by atoms with Gasteiger partial charge >= 0.3 is 6.18 Å². The Morgan fingerprint density at radius 1 is 1.10 bits per heavy atom. The Balaban J connectivity index is 4.41. The van der Waals surface area contributed by atoms with Crippen LogP contribution in [0.25, 0.3) is 0 Å². The van der Waals surface area contributed by atoms with Gasteiger partial charge in [0.05, 0.1) is 0 Å². The summed E-state index contributed by atoms with van der Waals surface area (Å²) in [4.78, 5) is 13.0. The summed E-state index contributed by atoms with van der Waals surface area (Å²) < 4.78 is 37.7.